The van der Waals surface area contributed by atoms with Gasteiger partial charge < -0.3 is 16.2 Å². The molecular formula is C14H23N5O3. The van der Waals surface area contributed by atoms with Gasteiger partial charge in [0.05, 0.1) is 24.4 Å². The van der Waals surface area contributed by atoms with Gasteiger partial charge in [-0.05, 0) is 32.4 Å². The molecule has 122 valence electrons. The van der Waals surface area contributed by atoms with Crippen LogP contribution in [0.5, 0.6) is 0 Å². The van der Waals surface area contributed by atoms with Crippen LogP contribution < -0.4 is 11.1 Å². The van der Waals surface area contributed by atoms with Gasteiger partial charge in [0.1, 0.15) is 6.04 Å². The van der Waals surface area contributed by atoms with E-state index in [4.69, 9.17) is 10.8 Å². The standard InChI is InChI=1S/C14H23N5O3/c1-2-10(15)11-8-19(18-17-11)12(7-13(20)21)14(22)9-3-5-16-6-4-9/h8-10,12,16H,2-7,15H2,1H3,(H,20,21)/t10-,12-/m0/s1. The maximum absolute atomic E-state index is 12.7. The molecule has 0 radical (unpaired) electrons. The molecule has 0 unspecified atom stereocenters. The third-order valence-corrected chi connectivity index (χ3v) is 4.10. The minimum atomic E-state index is -1.02. The van der Waals surface area contributed by atoms with Crippen LogP contribution in [0.4, 0.5) is 0 Å². The molecule has 22 heavy (non-hydrogen) atoms. The average molecular weight is 309 g/mol. The molecule has 1 aromatic rings. The summed E-state index contributed by atoms with van der Waals surface area (Å²) in [5.41, 5.74) is 6.48. The van der Waals surface area contributed by atoms with E-state index >= 15 is 0 Å². The number of carboxylic acid groups (broad SMARTS) is 1. The topological polar surface area (TPSA) is 123 Å². The summed E-state index contributed by atoms with van der Waals surface area (Å²) in [5, 5.41) is 20.2. The lowest BCUT2D eigenvalue weighted by molar-refractivity contribution is -0.141. The number of carbonyl (C=O) groups excluding carboxylic acids is 1. The smallest absolute Gasteiger partial charge is 0.305 e. The number of nitrogens with zero attached hydrogens (tertiary/aromatic N) is 3. The molecule has 2 rings (SSSR count). The van der Waals surface area contributed by atoms with E-state index in [0.29, 0.717) is 12.1 Å². The Hall–Kier alpha value is -1.80. The highest BCUT2D eigenvalue weighted by Crippen LogP contribution is 2.24. The molecule has 0 bridgehead atoms. The normalized spacial score (nSPS) is 18.8. The quantitative estimate of drug-likeness (QED) is 0.660. The molecule has 1 aliphatic rings. The van der Waals surface area contributed by atoms with Gasteiger partial charge in [-0.2, -0.15) is 0 Å². The van der Waals surface area contributed by atoms with Crippen molar-refractivity contribution in [2.45, 2.75) is 44.7 Å². The minimum absolute atomic E-state index is 0.0783. The van der Waals surface area contributed by atoms with Gasteiger partial charge in [-0.3, -0.25) is 9.59 Å². The number of ketones is 1. The van der Waals surface area contributed by atoms with Crippen molar-refractivity contribution in [3.05, 3.63) is 11.9 Å². The van der Waals surface area contributed by atoms with Crippen LogP contribution in [0.1, 0.15) is 50.4 Å². The fraction of sp³-hybridized carbons (Fsp3) is 0.714. The molecule has 0 amide bonds. The zero-order chi connectivity index (χ0) is 16.1. The lowest BCUT2D eigenvalue weighted by atomic mass is 9.88. The van der Waals surface area contributed by atoms with Crippen LogP contribution in [0.25, 0.3) is 0 Å². The number of carboxylic acids is 1. The zero-order valence-electron chi connectivity index (χ0n) is 12.7. The molecule has 2 atom stereocenters. The number of hydrogen-bond acceptors (Lipinski definition) is 6. The first-order valence-corrected chi connectivity index (χ1v) is 7.66. The van der Waals surface area contributed by atoms with Crippen molar-refractivity contribution in [3.63, 3.8) is 0 Å². The van der Waals surface area contributed by atoms with Crippen molar-refractivity contribution >= 4 is 11.8 Å². The summed E-state index contributed by atoms with van der Waals surface area (Å²) in [6.07, 6.45) is 3.47. The summed E-state index contributed by atoms with van der Waals surface area (Å²) in [4.78, 5) is 23.8. The van der Waals surface area contributed by atoms with Gasteiger partial charge in [0, 0.05) is 5.92 Å². The summed E-state index contributed by atoms with van der Waals surface area (Å²) in [6, 6.07) is -1.07. The number of Topliss-reactive ketones (excluding diaryl/α,β-unsaturated/α-hetero) is 1. The molecule has 8 heteroatoms. The first-order valence-electron chi connectivity index (χ1n) is 7.66. The maximum Gasteiger partial charge on any atom is 0.305 e. The Kier molecular flexibility index (Phi) is 5.62. The first kappa shape index (κ1) is 16.6. The SMILES string of the molecule is CC[C@H](N)c1cn([C@@H](CC(=O)O)C(=O)C2CCNCC2)nn1. The zero-order valence-corrected chi connectivity index (χ0v) is 12.7. The number of aliphatic carboxylic acids is 1. The fourth-order valence-corrected chi connectivity index (χ4v) is 2.69. The number of hydrogen-bond donors (Lipinski definition) is 3. The van der Waals surface area contributed by atoms with Crippen LogP contribution in [0.2, 0.25) is 0 Å². The molecule has 0 aromatic carbocycles. The van der Waals surface area contributed by atoms with E-state index in [2.05, 4.69) is 15.6 Å². The Morgan fingerprint density at radius 3 is 2.77 bits per heavy atom. The van der Waals surface area contributed by atoms with E-state index < -0.39 is 12.0 Å². The third kappa shape index (κ3) is 3.89. The fourth-order valence-electron chi connectivity index (χ4n) is 2.69. The number of aromatic nitrogens is 3. The van der Waals surface area contributed by atoms with Gasteiger partial charge in [0.25, 0.3) is 0 Å². The summed E-state index contributed by atoms with van der Waals surface area (Å²) in [5.74, 6) is -1.23. The molecule has 0 spiro atoms. The van der Waals surface area contributed by atoms with E-state index in [1.165, 1.54) is 4.68 Å². The molecule has 2 heterocycles. The Morgan fingerprint density at radius 1 is 1.50 bits per heavy atom. The van der Waals surface area contributed by atoms with E-state index in [1.807, 2.05) is 6.92 Å². The van der Waals surface area contributed by atoms with Crippen LogP contribution in [-0.2, 0) is 9.59 Å². The Bertz CT molecular complexity index is 524. The highest BCUT2D eigenvalue weighted by molar-refractivity contribution is 5.88. The van der Waals surface area contributed by atoms with Gasteiger partial charge in [-0.15, -0.1) is 5.10 Å². The van der Waals surface area contributed by atoms with E-state index in [0.717, 1.165) is 25.9 Å². The van der Waals surface area contributed by atoms with Crippen LogP contribution in [0.15, 0.2) is 6.20 Å². The van der Waals surface area contributed by atoms with Gasteiger partial charge in [0.2, 0.25) is 0 Å². The lowest BCUT2D eigenvalue weighted by Crippen LogP contribution is -2.36. The molecule has 1 aromatic heterocycles. The van der Waals surface area contributed by atoms with Crippen molar-refractivity contribution in [3.8, 4) is 0 Å². The molecule has 4 N–H and O–H groups in total. The van der Waals surface area contributed by atoms with E-state index in [9.17, 15) is 9.59 Å². The predicted octanol–water partition coefficient (Wildman–Crippen LogP) is 0.272. The van der Waals surface area contributed by atoms with Crippen molar-refractivity contribution in [2.24, 2.45) is 11.7 Å². The Morgan fingerprint density at radius 2 is 2.18 bits per heavy atom. The lowest BCUT2D eigenvalue weighted by Gasteiger charge is -2.25. The van der Waals surface area contributed by atoms with Crippen LogP contribution in [-0.4, -0.2) is 44.9 Å². The Labute approximate surface area is 129 Å². The maximum atomic E-state index is 12.7. The van der Waals surface area contributed by atoms with Gasteiger partial charge >= 0.3 is 5.97 Å². The van der Waals surface area contributed by atoms with Crippen molar-refractivity contribution in [1.82, 2.24) is 20.3 Å². The van der Waals surface area contributed by atoms with Gasteiger partial charge in [0.15, 0.2) is 5.78 Å². The van der Waals surface area contributed by atoms with Crippen molar-refractivity contribution in [2.75, 3.05) is 13.1 Å². The Balaban J connectivity index is 2.19. The molecule has 0 aliphatic carbocycles. The van der Waals surface area contributed by atoms with Crippen LogP contribution >= 0.6 is 0 Å². The molecule has 0 saturated carbocycles. The number of nitrogens with two attached hydrogens (primary N) is 1. The van der Waals surface area contributed by atoms with Crippen molar-refractivity contribution in [1.29, 1.82) is 0 Å². The van der Waals surface area contributed by atoms with E-state index in [-0.39, 0.29) is 24.2 Å². The molecule has 1 fully saturated rings. The molecule has 1 aliphatic heterocycles. The minimum Gasteiger partial charge on any atom is -0.481 e. The number of rotatable bonds is 7. The largest absolute Gasteiger partial charge is 0.481 e. The van der Waals surface area contributed by atoms with Gasteiger partial charge in [-0.1, -0.05) is 12.1 Å². The second-order valence-corrected chi connectivity index (χ2v) is 5.68. The average Bonchev–Trinajstić information content (AvgIpc) is 3.01. The highest BCUT2D eigenvalue weighted by atomic mass is 16.4. The second kappa shape index (κ2) is 7.46. The van der Waals surface area contributed by atoms with Crippen LogP contribution in [0, 0.1) is 5.92 Å². The van der Waals surface area contributed by atoms with E-state index in [1.54, 1.807) is 6.20 Å². The third-order valence-electron chi connectivity index (χ3n) is 4.10. The number of carbonyl (C=O) groups is 2. The van der Waals surface area contributed by atoms with Gasteiger partial charge in [-0.25, -0.2) is 4.68 Å². The summed E-state index contributed by atoms with van der Waals surface area (Å²) in [7, 11) is 0. The number of piperidine rings is 1. The predicted molar refractivity (Wildman–Crippen MR) is 79.1 cm³/mol. The number of nitrogens with one attached hydrogen (secondary N) is 1. The first-order chi connectivity index (χ1) is 10.5. The molecular weight excluding hydrogens is 286 g/mol. The summed E-state index contributed by atoms with van der Waals surface area (Å²) < 4.78 is 1.36. The van der Waals surface area contributed by atoms with Crippen LogP contribution in [0.3, 0.4) is 0 Å². The highest BCUT2D eigenvalue weighted by Gasteiger charge is 2.32. The molecule has 1 saturated heterocycles. The molecule has 8 nitrogen and oxygen atoms in total. The summed E-state index contributed by atoms with van der Waals surface area (Å²) >= 11 is 0. The summed E-state index contributed by atoms with van der Waals surface area (Å²) in [6.45, 7) is 3.48. The van der Waals surface area contributed by atoms with Crippen molar-refractivity contribution < 1.29 is 14.7 Å². The monoisotopic (exact) mass is 309 g/mol. The second-order valence-electron chi connectivity index (χ2n) is 5.68.